The lowest BCUT2D eigenvalue weighted by atomic mass is 10.1. The van der Waals surface area contributed by atoms with E-state index in [0.29, 0.717) is 15.2 Å². The van der Waals surface area contributed by atoms with E-state index in [-0.39, 0.29) is 0 Å². The van der Waals surface area contributed by atoms with Crippen LogP contribution in [0.4, 0.5) is 0 Å². The van der Waals surface area contributed by atoms with Gasteiger partial charge in [-0.2, -0.15) is 0 Å². The normalized spacial score (nSPS) is 13.2. The zero-order valence-corrected chi connectivity index (χ0v) is 14.2. The Kier molecular flexibility index (Phi) is 4.71. The van der Waals surface area contributed by atoms with Gasteiger partial charge >= 0.3 is 0 Å². The quantitative estimate of drug-likeness (QED) is 0.442. The van der Waals surface area contributed by atoms with E-state index in [9.17, 15) is 5.11 Å². The van der Waals surface area contributed by atoms with Crippen LogP contribution >= 0.6 is 20.5 Å². The van der Waals surface area contributed by atoms with Gasteiger partial charge in [-0.3, -0.25) is 0 Å². The number of aromatic nitrogens is 4. The van der Waals surface area contributed by atoms with Gasteiger partial charge in [0.2, 0.25) is 0 Å². The number of aliphatic hydroxyl groups is 1. The largest absolute Gasteiger partial charge is 0.388 e. The first-order valence-corrected chi connectivity index (χ1v) is 9.57. The van der Waals surface area contributed by atoms with E-state index >= 15 is 0 Å². The van der Waals surface area contributed by atoms with Crippen molar-refractivity contribution in [2.45, 2.75) is 17.7 Å². The van der Waals surface area contributed by atoms with Crippen molar-refractivity contribution >= 4 is 31.5 Å². The summed E-state index contributed by atoms with van der Waals surface area (Å²) in [6, 6.07) is 5.87. The zero-order chi connectivity index (χ0) is 15.5. The predicted molar refractivity (Wildman–Crippen MR) is 91.8 cm³/mol. The topological polar surface area (TPSA) is 63.8 Å². The summed E-state index contributed by atoms with van der Waals surface area (Å²) in [4.78, 5) is 13.0. The molecule has 0 aromatic carbocycles. The molecule has 0 amide bonds. The summed E-state index contributed by atoms with van der Waals surface area (Å²) in [5, 5.41) is 12.2. The second-order valence-electron chi connectivity index (χ2n) is 4.85. The van der Waals surface area contributed by atoms with Crippen LogP contribution in [0.15, 0.2) is 41.9 Å². The summed E-state index contributed by atoms with van der Waals surface area (Å²) < 4.78 is 2.11. The minimum atomic E-state index is -0.617. The van der Waals surface area contributed by atoms with Gasteiger partial charge in [0, 0.05) is 36.1 Å². The molecular weight excluding hydrogens is 315 g/mol. The van der Waals surface area contributed by atoms with E-state index in [4.69, 9.17) is 0 Å². The molecule has 0 bridgehead atoms. The number of rotatable bonds is 5. The lowest BCUT2D eigenvalue weighted by Crippen LogP contribution is -2.05. The molecule has 2 unspecified atom stereocenters. The molecule has 22 heavy (non-hydrogen) atoms. The van der Waals surface area contributed by atoms with Crippen molar-refractivity contribution in [2.24, 2.45) is 0 Å². The van der Waals surface area contributed by atoms with Crippen LogP contribution in [0.2, 0.25) is 0 Å². The number of hydrogen-bond acceptors (Lipinski definition) is 5. The van der Waals surface area contributed by atoms with Crippen molar-refractivity contribution in [3.63, 3.8) is 0 Å². The fourth-order valence-electron chi connectivity index (χ4n) is 2.31. The first-order valence-electron chi connectivity index (χ1n) is 6.90. The van der Waals surface area contributed by atoms with Crippen molar-refractivity contribution in [3.05, 3.63) is 48.0 Å². The van der Waals surface area contributed by atoms with Gasteiger partial charge in [-0.1, -0.05) is 11.8 Å². The van der Waals surface area contributed by atoms with Gasteiger partial charge in [-0.05, 0) is 45.4 Å². The van der Waals surface area contributed by atoms with E-state index in [1.54, 1.807) is 12.4 Å². The molecule has 114 valence electrons. The Morgan fingerprint density at radius 2 is 2.23 bits per heavy atom. The third-order valence-corrected chi connectivity index (χ3v) is 4.85. The Morgan fingerprint density at radius 1 is 1.36 bits per heavy atom. The lowest BCUT2D eigenvalue weighted by molar-refractivity contribution is 0.176. The maximum Gasteiger partial charge on any atom is 0.187 e. The van der Waals surface area contributed by atoms with Crippen molar-refractivity contribution in [2.75, 3.05) is 12.9 Å². The maximum atomic E-state index is 10.4. The summed E-state index contributed by atoms with van der Waals surface area (Å²) in [5.74, 6) is 0. The molecule has 5 nitrogen and oxygen atoms in total. The molecule has 3 aromatic rings. The monoisotopic (exact) mass is 332 g/mol. The minimum Gasteiger partial charge on any atom is -0.388 e. The fourth-order valence-corrected chi connectivity index (χ4v) is 3.30. The molecule has 0 aliphatic carbocycles. The van der Waals surface area contributed by atoms with Crippen LogP contribution in [0.1, 0.15) is 17.4 Å². The second kappa shape index (κ2) is 6.73. The Hall–Kier alpha value is -1.49. The highest BCUT2D eigenvalue weighted by Gasteiger charge is 2.12. The molecule has 0 saturated carbocycles. The number of fused-ring (bicyclic) bond motifs is 1. The minimum absolute atomic E-state index is 0.458. The van der Waals surface area contributed by atoms with E-state index in [0.717, 1.165) is 27.4 Å². The number of thioether (sulfide) groups is 1. The average molecular weight is 332 g/mol. The maximum absolute atomic E-state index is 10.4. The molecule has 3 aromatic heterocycles. The molecular formula is C15H17N4OPS. The van der Waals surface area contributed by atoms with Crippen molar-refractivity contribution in [3.8, 4) is 0 Å². The third kappa shape index (κ3) is 3.14. The lowest BCUT2D eigenvalue weighted by Gasteiger charge is -2.11. The van der Waals surface area contributed by atoms with Crippen molar-refractivity contribution in [1.29, 1.82) is 0 Å². The van der Waals surface area contributed by atoms with E-state index in [2.05, 4.69) is 26.0 Å². The van der Waals surface area contributed by atoms with Gasteiger partial charge < -0.3 is 9.44 Å². The number of aliphatic hydroxyl groups excluding tert-OH is 1. The third-order valence-electron chi connectivity index (χ3n) is 3.45. The van der Waals surface area contributed by atoms with E-state index in [1.165, 1.54) is 11.8 Å². The Morgan fingerprint density at radius 3 is 3.00 bits per heavy atom. The summed E-state index contributed by atoms with van der Waals surface area (Å²) >= 11 is 1.49. The summed E-state index contributed by atoms with van der Waals surface area (Å²) in [7, 11) is 0.648. The molecule has 0 fully saturated rings. The van der Waals surface area contributed by atoms with Crippen LogP contribution in [-0.4, -0.2) is 37.3 Å². The number of pyridine rings is 1. The summed E-state index contributed by atoms with van der Waals surface area (Å²) in [5.41, 5.74) is 2.61. The molecule has 3 heterocycles. The highest BCUT2D eigenvalue weighted by Crippen LogP contribution is 2.25. The number of hydrogen-bond donors (Lipinski definition) is 1. The van der Waals surface area contributed by atoms with Gasteiger partial charge in [0.1, 0.15) is 5.65 Å². The van der Waals surface area contributed by atoms with Gasteiger partial charge in [-0.25, -0.2) is 15.0 Å². The molecule has 0 aliphatic rings. The van der Waals surface area contributed by atoms with Crippen LogP contribution in [-0.2, 0) is 6.42 Å². The van der Waals surface area contributed by atoms with Gasteiger partial charge in [0.15, 0.2) is 5.16 Å². The second-order valence-corrected chi connectivity index (χ2v) is 6.55. The van der Waals surface area contributed by atoms with Gasteiger partial charge in [0.25, 0.3) is 0 Å². The Bertz CT molecular complexity index is 792. The zero-order valence-electron chi connectivity index (χ0n) is 12.4. The molecule has 0 saturated heterocycles. The molecule has 2 atom stereocenters. The van der Waals surface area contributed by atoms with Crippen LogP contribution in [0.25, 0.3) is 11.0 Å². The standard InChI is InChI=1S/C15H17N4OPS/c1-21-19-6-4-10-7-11(9-17-14(10)19)13(20)8-12-3-5-16-15(18-12)22-2/h3-7,9,13,20-21H,8H2,1-2H3. The molecule has 0 aliphatic heterocycles. The van der Waals surface area contributed by atoms with Crippen LogP contribution < -0.4 is 0 Å². The summed E-state index contributed by atoms with van der Waals surface area (Å²) in [6.45, 7) is 2.11. The highest BCUT2D eigenvalue weighted by atomic mass is 32.2. The average Bonchev–Trinajstić information content (AvgIpc) is 2.97. The van der Waals surface area contributed by atoms with Crippen LogP contribution in [0.5, 0.6) is 0 Å². The first kappa shape index (κ1) is 15.4. The predicted octanol–water partition coefficient (Wildman–Crippen LogP) is 2.90. The van der Waals surface area contributed by atoms with Crippen LogP contribution in [0.3, 0.4) is 0 Å². The molecule has 0 spiro atoms. The first-order chi connectivity index (χ1) is 10.7. The molecule has 3 rings (SSSR count). The van der Waals surface area contributed by atoms with Crippen molar-refractivity contribution in [1.82, 2.24) is 19.3 Å². The Labute approximate surface area is 135 Å². The Balaban J connectivity index is 1.83. The number of nitrogens with zero attached hydrogens (tertiary/aromatic N) is 4. The van der Waals surface area contributed by atoms with Gasteiger partial charge in [-0.15, -0.1) is 0 Å². The molecule has 7 heteroatoms. The van der Waals surface area contributed by atoms with Gasteiger partial charge in [0.05, 0.1) is 6.10 Å². The SMILES string of the molecule is CPn1ccc2cc(C(O)Cc3ccnc(SC)n3)cnc21. The highest BCUT2D eigenvalue weighted by molar-refractivity contribution is 7.98. The molecule has 0 radical (unpaired) electrons. The molecule has 1 N–H and O–H groups in total. The van der Waals surface area contributed by atoms with Crippen LogP contribution in [0, 0.1) is 0 Å². The summed E-state index contributed by atoms with van der Waals surface area (Å²) in [6.07, 6.45) is 7.28. The fraction of sp³-hybridized carbons (Fsp3) is 0.267. The smallest absolute Gasteiger partial charge is 0.187 e. The van der Waals surface area contributed by atoms with E-state index < -0.39 is 6.10 Å². The van der Waals surface area contributed by atoms with Crippen molar-refractivity contribution < 1.29 is 5.11 Å². The van der Waals surface area contributed by atoms with E-state index in [1.807, 2.05) is 30.7 Å².